The Balaban J connectivity index is 1.55. The van der Waals surface area contributed by atoms with E-state index in [-0.39, 0.29) is 5.91 Å². The van der Waals surface area contributed by atoms with Crippen molar-refractivity contribution in [3.05, 3.63) is 83.2 Å². The quantitative estimate of drug-likeness (QED) is 0.446. The van der Waals surface area contributed by atoms with E-state index in [1.165, 1.54) is 0 Å². The number of aryl methyl sites for hydroxylation is 3. The maximum atomic E-state index is 13.0. The number of nitrogens with one attached hydrogen (secondary N) is 1. The lowest BCUT2D eigenvalue weighted by atomic mass is 10.1. The molecule has 148 valence electrons. The van der Waals surface area contributed by atoms with Crippen LogP contribution in [0.4, 0.5) is 5.82 Å². The zero-order chi connectivity index (χ0) is 20.8. The van der Waals surface area contributed by atoms with E-state index >= 15 is 0 Å². The van der Waals surface area contributed by atoms with Crippen LogP contribution in [0.15, 0.2) is 65.1 Å². The first-order valence-electron chi connectivity index (χ1n) is 9.74. The molecule has 0 aliphatic rings. The molecule has 1 N–H and O–H groups in total. The van der Waals surface area contributed by atoms with Gasteiger partial charge in [0.2, 0.25) is 0 Å². The summed E-state index contributed by atoms with van der Waals surface area (Å²) in [7, 11) is 0. The molecule has 0 spiro atoms. The predicted octanol–water partition coefficient (Wildman–Crippen LogP) is 5.34. The van der Waals surface area contributed by atoms with Crippen molar-refractivity contribution in [2.24, 2.45) is 0 Å². The molecule has 0 aliphatic heterocycles. The molecule has 6 nitrogen and oxygen atoms in total. The van der Waals surface area contributed by atoms with E-state index in [1.807, 2.05) is 81.4 Å². The smallest absolute Gasteiger partial charge is 0.292 e. The number of rotatable bonds is 3. The highest BCUT2D eigenvalue weighted by atomic mass is 16.3. The fourth-order valence-electron chi connectivity index (χ4n) is 3.77. The van der Waals surface area contributed by atoms with Crippen LogP contribution in [-0.2, 0) is 0 Å². The molecular weight excluding hydrogens is 376 g/mol. The van der Waals surface area contributed by atoms with Crippen molar-refractivity contribution in [1.82, 2.24) is 14.8 Å². The average Bonchev–Trinajstić information content (AvgIpc) is 3.28. The predicted molar refractivity (Wildman–Crippen MR) is 117 cm³/mol. The van der Waals surface area contributed by atoms with Crippen LogP contribution in [0.3, 0.4) is 0 Å². The first-order valence-corrected chi connectivity index (χ1v) is 9.74. The average molecular weight is 396 g/mol. The van der Waals surface area contributed by atoms with Crippen LogP contribution in [0.1, 0.15) is 27.4 Å². The van der Waals surface area contributed by atoms with Gasteiger partial charge in [-0.05, 0) is 44.5 Å². The molecular formula is C24H20N4O2. The zero-order valence-electron chi connectivity index (χ0n) is 16.9. The summed E-state index contributed by atoms with van der Waals surface area (Å²) in [6.07, 6.45) is 0. The van der Waals surface area contributed by atoms with E-state index in [2.05, 4.69) is 10.4 Å². The number of amides is 1. The molecule has 0 saturated carbocycles. The summed E-state index contributed by atoms with van der Waals surface area (Å²) in [5, 5.41) is 9.51. The summed E-state index contributed by atoms with van der Waals surface area (Å²) >= 11 is 0. The molecule has 0 radical (unpaired) electrons. The number of fused-ring (bicyclic) bond motifs is 2. The molecule has 0 atom stereocenters. The Morgan fingerprint density at radius 3 is 2.50 bits per heavy atom. The zero-order valence-corrected chi connectivity index (χ0v) is 16.9. The number of carbonyl (C=O) groups excluding carboxylic acids is 1. The van der Waals surface area contributed by atoms with E-state index in [0.717, 1.165) is 33.1 Å². The second-order valence-corrected chi connectivity index (χ2v) is 7.40. The van der Waals surface area contributed by atoms with Gasteiger partial charge in [-0.1, -0.05) is 36.4 Å². The Morgan fingerprint density at radius 2 is 1.70 bits per heavy atom. The molecule has 0 saturated heterocycles. The molecule has 5 rings (SSSR count). The highest BCUT2D eigenvalue weighted by Gasteiger charge is 2.20. The third-order valence-corrected chi connectivity index (χ3v) is 5.25. The molecule has 0 unspecified atom stereocenters. The van der Waals surface area contributed by atoms with Crippen LogP contribution in [0.25, 0.3) is 27.7 Å². The van der Waals surface area contributed by atoms with E-state index in [0.29, 0.717) is 23.0 Å². The van der Waals surface area contributed by atoms with Crippen molar-refractivity contribution in [3.63, 3.8) is 0 Å². The Bertz CT molecular complexity index is 1430. The van der Waals surface area contributed by atoms with Crippen LogP contribution in [0, 0.1) is 20.8 Å². The molecule has 6 heteroatoms. The second-order valence-electron chi connectivity index (χ2n) is 7.40. The number of carbonyl (C=O) groups is 1. The summed E-state index contributed by atoms with van der Waals surface area (Å²) < 4.78 is 7.46. The number of anilines is 1. The number of nitrogens with zero attached hydrogens (tertiary/aromatic N) is 3. The Kier molecular flexibility index (Phi) is 4.13. The fraction of sp³-hybridized carbons (Fsp3) is 0.125. The molecule has 0 fully saturated rings. The molecule has 1 amide bonds. The maximum absolute atomic E-state index is 13.0. The highest BCUT2D eigenvalue weighted by molar-refractivity contribution is 6.06. The SMILES string of the molecule is Cc1cc(NC(=O)c2oc3ccccc3c2C)n(-c2cc(C)c3ccccc3n2)n1. The van der Waals surface area contributed by atoms with Gasteiger partial charge in [-0.2, -0.15) is 9.78 Å². The van der Waals surface area contributed by atoms with Gasteiger partial charge in [-0.25, -0.2) is 4.98 Å². The van der Waals surface area contributed by atoms with E-state index in [4.69, 9.17) is 9.40 Å². The van der Waals surface area contributed by atoms with Gasteiger partial charge < -0.3 is 9.73 Å². The third-order valence-electron chi connectivity index (χ3n) is 5.25. The third kappa shape index (κ3) is 2.93. The van der Waals surface area contributed by atoms with Crippen LogP contribution < -0.4 is 5.32 Å². The Hall–Kier alpha value is -3.93. The first kappa shape index (κ1) is 18.1. The minimum absolute atomic E-state index is 0.296. The van der Waals surface area contributed by atoms with Crippen LogP contribution in [0.5, 0.6) is 0 Å². The summed E-state index contributed by atoms with van der Waals surface area (Å²) in [4.78, 5) is 17.7. The lowest BCUT2D eigenvalue weighted by molar-refractivity contribution is 0.0997. The molecule has 30 heavy (non-hydrogen) atoms. The molecule has 0 bridgehead atoms. The van der Waals surface area contributed by atoms with Crippen molar-refractivity contribution in [2.75, 3.05) is 5.32 Å². The van der Waals surface area contributed by atoms with Gasteiger partial charge in [-0.15, -0.1) is 0 Å². The number of para-hydroxylation sites is 2. The Labute approximate surface area is 173 Å². The summed E-state index contributed by atoms with van der Waals surface area (Å²) in [5.41, 5.74) is 4.25. The number of aromatic nitrogens is 3. The van der Waals surface area contributed by atoms with Crippen molar-refractivity contribution in [2.45, 2.75) is 20.8 Å². The normalized spacial score (nSPS) is 11.3. The minimum atomic E-state index is -0.317. The highest BCUT2D eigenvalue weighted by Crippen LogP contribution is 2.27. The minimum Gasteiger partial charge on any atom is -0.451 e. The van der Waals surface area contributed by atoms with Crippen LogP contribution in [0.2, 0.25) is 0 Å². The maximum Gasteiger partial charge on any atom is 0.292 e. The van der Waals surface area contributed by atoms with E-state index in [1.54, 1.807) is 4.68 Å². The van der Waals surface area contributed by atoms with Gasteiger partial charge in [0.1, 0.15) is 11.4 Å². The molecule has 5 aromatic rings. The van der Waals surface area contributed by atoms with Gasteiger partial charge in [0.25, 0.3) is 5.91 Å². The van der Waals surface area contributed by atoms with E-state index < -0.39 is 0 Å². The van der Waals surface area contributed by atoms with Crippen LogP contribution in [-0.4, -0.2) is 20.7 Å². The number of furan rings is 1. The first-order chi connectivity index (χ1) is 14.5. The molecule has 2 aromatic carbocycles. The Morgan fingerprint density at radius 1 is 0.967 bits per heavy atom. The van der Waals surface area contributed by atoms with Crippen molar-refractivity contribution in [1.29, 1.82) is 0 Å². The number of hydrogen-bond acceptors (Lipinski definition) is 4. The number of hydrogen-bond donors (Lipinski definition) is 1. The van der Waals surface area contributed by atoms with Crippen molar-refractivity contribution >= 4 is 33.6 Å². The lowest BCUT2D eigenvalue weighted by Crippen LogP contribution is -2.16. The second kappa shape index (κ2) is 6.84. The molecule has 3 aromatic heterocycles. The van der Waals surface area contributed by atoms with Crippen molar-refractivity contribution < 1.29 is 9.21 Å². The summed E-state index contributed by atoms with van der Waals surface area (Å²) in [6, 6.07) is 19.4. The number of pyridine rings is 1. The molecule has 0 aliphatic carbocycles. The van der Waals surface area contributed by atoms with Gasteiger partial charge in [0.15, 0.2) is 11.6 Å². The monoisotopic (exact) mass is 396 g/mol. The van der Waals surface area contributed by atoms with Crippen molar-refractivity contribution in [3.8, 4) is 5.82 Å². The summed E-state index contributed by atoms with van der Waals surface area (Å²) in [5.74, 6) is 1.17. The van der Waals surface area contributed by atoms with Crippen LogP contribution >= 0.6 is 0 Å². The van der Waals surface area contributed by atoms with E-state index in [9.17, 15) is 4.79 Å². The lowest BCUT2D eigenvalue weighted by Gasteiger charge is -2.10. The summed E-state index contributed by atoms with van der Waals surface area (Å²) in [6.45, 7) is 5.81. The van der Waals surface area contributed by atoms with Gasteiger partial charge >= 0.3 is 0 Å². The largest absolute Gasteiger partial charge is 0.451 e. The van der Waals surface area contributed by atoms with Gasteiger partial charge in [-0.3, -0.25) is 4.79 Å². The van der Waals surface area contributed by atoms with Gasteiger partial charge in [0, 0.05) is 22.4 Å². The number of benzene rings is 2. The molecule has 3 heterocycles. The standard InChI is InChI=1S/C24H20N4O2/c1-14-12-21(25-19-10-6-4-8-17(14)19)28-22(13-15(2)27-28)26-24(29)23-16(3)18-9-5-7-11-20(18)30-23/h4-13H,1-3H3,(H,26,29). The fourth-order valence-corrected chi connectivity index (χ4v) is 3.77. The van der Waals surface area contributed by atoms with Gasteiger partial charge in [0.05, 0.1) is 11.2 Å². The topological polar surface area (TPSA) is 73.0 Å².